The quantitative estimate of drug-likeness (QED) is 0.622. The van der Waals surface area contributed by atoms with Crippen LogP contribution in [0.5, 0.6) is 0 Å². The monoisotopic (exact) mass is 395 g/mol. The molecule has 1 fully saturated rings. The molecule has 2 aromatic heterocycles. The lowest BCUT2D eigenvalue weighted by Crippen LogP contribution is -2.17. The summed E-state index contributed by atoms with van der Waals surface area (Å²) in [6, 6.07) is 10.5. The number of rotatable bonds is 6. The number of fused-ring (bicyclic) bond motifs is 1. The second-order valence-electron chi connectivity index (χ2n) is 6.95. The van der Waals surface area contributed by atoms with Crippen LogP contribution in [0.4, 0.5) is 0 Å². The van der Waals surface area contributed by atoms with Crippen molar-refractivity contribution in [3.8, 4) is 11.1 Å². The molecule has 154 valence electrons. The first kappa shape index (κ1) is 21.0. The molecule has 1 aliphatic rings. The highest BCUT2D eigenvalue weighted by molar-refractivity contribution is 5.84. The topological polar surface area (TPSA) is 67.5 Å². The molecule has 0 unspecified atom stereocenters. The van der Waals surface area contributed by atoms with E-state index >= 15 is 0 Å². The Kier molecular flexibility index (Phi) is 7.38. The Labute approximate surface area is 171 Å². The SMILES string of the molecule is CCOC(OCC)c1cncc(-c2ccc3cc[nH]c3c2)c1.CN1CCCC1=O. The standard InChI is InChI=1S/C18H20N2O2.C5H9NO/c1-3-21-18(22-4-2)16-9-15(11-19-12-16)14-6-5-13-7-8-20-17(13)10-14;1-6-4-2-3-5(6)7/h5-12,18,20H,3-4H2,1-2H3;2-4H2,1H3. The molecule has 6 heteroatoms. The van der Waals surface area contributed by atoms with Gasteiger partial charge in [-0.1, -0.05) is 12.1 Å². The predicted molar refractivity (Wildman–Crippen MR) is 114 cm³/mol. The van der Waals surface area contributed by atoms with Gasteiger partial charge in [-0.25, -0.2) is 0 Å². The highest BCUT2D eigenvalue weighted by atomic mass is 16.7. The van der Waals surface area contributed by atoms with Gasteiger partial charge in [0.1, 0.15) is 0 Å². The number of ether oxygens (including phenoxy) is 2. The normalized spacial score (nSPS) is 13.8. The van der Waals surface area contributed by atoms with Gasteiger partial charge in [-0.3, -0.25) is 9.78 Å². The Bertz CT molecular complexity index is 932. The van der Waals surface area contributed by atoms with E-state index in [1.54, 1.807) is 11.1 Å². The molecule has 1 aromatic carbocycles. The number of hydrogen-bond donors (Lipinski definition) is 1. The molecule has 0 bridgehead atoms. The molecular weight excluding hydrogens is 366 g/mol. The number of aromatic amines is 1. The lowest BCUT2D eigenvalue weighted by Gasteiger charge is -2.17. The van der Waals surface area contributed by atoms with Crippen LogP contribution in [0, 0.1) is 0 Å². The summed E-state index contributed by atoms with van der Waals surface area (Å²) in [4.78, 5) is 19.8. The number of nitrogens with zero attached hydrogens (tertiary/aromatic N) is 2. The average molecular weight is 396 g/mol. The molecule has 0 spiro atoms. The molecule has 0 saturated carbocycles. The molecule has 6 nitrogen and oxygen atoms in total. The van der Waals surface area contributed by atoms with Crippen LogP contribution in [0.1, 0.15) is 38.5 Å². The molecule has 1 amide bonds. The average Bonchev–Trinajstić information content (AvgIpc) is 3.36. The maximum Gasteiger partial charge on any atom is 0.222 e. The minimum Gasteiger partial charge on any atom is -0.361 e. The second kappa shape index (κ2) is 10.2. The fourth-order valence-corrected chi connectivity index (χ4v) is 3.30. The van der Waals surface area contributed by atoms with Gasteiger partial charge in [-0.2, -0.15) is 0 Å². The Balaban J connectivity index is 0.000000290. The van der Waals surface area contributed by atoms with Gasteiger partial charge in [0.15, 0.2) is 6.29 Å². The lowest BCUT2D eigenvalue weighted by atomic mass is 10.0. The van der Waals surface area contributed by atoms with Crippen LogP contribution in [0.15, 0.2) is 48.9 Å². The van der Waals surface area contributed by atoms with E-state index in [2.05, 4.69) is 40.3 Å². The summed E-state index contributed by atoms with van der Waals surface area (Å²) < 4.78 is 11.3. The van der Waals surface area contributed by atoms with E-state index in [1.807, 2.05) is 33.3 Å². The highest BCUT2D eigenvalue weighted by Crippen LogP contribution is 2.27. The second-order valence-corrected chi connectivity index (χ2v) is 6.95. The van der Waals surface area contributed by atoms with Crippen molar-refractivity contribution in [2.75, 3.05) is 26.8 Å². The predicted octanol–water partition coefficient (Wildman–Crippen LogP) is 4.54. The maximum absolute atomic E-state index is 10.5. The molecule has 4 rings (SSSR count). The van der Waals surface area contributed by atoms with Gasteiger partial charge in [0.25, 0.3) is 0 Å². The first-order valence-corrected chi connectivity index (χ1v) is 10.1. The third-order valence-corrected chi connectivity index (χ3v) is 4.87. The summed E-state index contributed by atoms with van der Waals surface area (Å²) in [6.45, 7) is 6.08. The zero-order valence-electron chi connectivity index (χ0n) is 17.4. The molecule has 0 aliphatic carbocycles. The number of carbonyl (C=O) groups is 1. The summed E-state index contributed by atoms with van der Waals surface area (Å²) in [5.41, 5.74) is 4.23. The number of pyridine rings is 1. The summed E-state index contributed by atoms with van der Waals surface area (Å²) >= 11 is 0. The largest absolute Gasteiger partial charge is 0.361 e. The molecule has 0 atom stereocenters. The van der Waals surface area contributed by atoms with Crippen molar-refractivity contribution in [3.63, 3.8) is 0 Å². The van der Waals surface area contributed by atoms with Crippen molar-refractivity contribution >= 4 is 16.8 Å². The van der Waals surface area contributed by atoms with E-state index in [9.17, 15) is 4.79 Å². The zero-order valence-corrected chi connectivity index (χ0v) is 17.4. The summed E-state index contributed by atoms with van der Waals surface area (Å²) in [7, 11) is 1.84. The van der Waals surface area contributed by atoms with Crippen LogP contribution in [-0.4, -0.2) is 47.6 Å². The first-order valence-electron chi connectivity index (χ1n) is 10.1. The van der Waals surface area contributed by atoms with Crippen molar-refractivity contribution in [1.29, 1.82) is 0 Å². The van der Waals surface area contributed by atoms with E-state index < -0.39 is 0 Å². The van der Waals surface area contributed by atoms with Gasteiger partial charge in [-0.05, 0) is 49.4 Å². The van der Waals surface area contributed by atoms with E-state index in [-0.39, 0.29) is 6.29 Å². The lowest BCUT2D eigenvalue weighted by molar-refractivity contribution is -0.140. The van der Waals surface area contributed by atoms with Gasteiger partial charge in [0.05, 0.1) is 0 Å². The molecule has 3 heterocycles. The maximum atomic E-state index is 10.5. The van der Waals surface area contributed by atoms with Crippen LogP contribution < -0.4 is 0 Å². The van der Waals surface area contributed by atoms with Crippen LogP contribution >= 0.6 is 0 Å². The van der Waals surface area contributed by atoms with Crippen molar-refractivity contribution in [3.05, 3.63) is 54.5 Å². The molecule has 0 radical (unpaired) electrons. The third-order valence-electron chi connectivity index (χ3n) is 4.87. The fourth-order valence-electron chi connectivity index (χ4n) is 3.30. The van der Waals surface area contributed by atoms with Crippen LogP contribution in [-0.2, 0) is 14.3 Å². The summed E-state index contributed by atoms with van der Waals surface area (Å²) in [5.74, 6) is 0.292. The highest BCUT2D eigenvalue weighted by Gasteiger charge is 2.14. The van der Waals surface area contributed by atoms with Crippen LogP contribution in [0.2, 0.25) is 0 Å². The van der Waals surface area contributed by atoms with E-state index in [0.717, 1.165) is 41.6 Å². The van der Waals surface area contributed by atoms with Crippen molar-refractivity contribution in [2.45, 2.75) is 33.0 Å². The molecule has 29 heavy (non-hydrogen) atoms. The summed E-state index contributed by atoms with van der Waals surface area (Å²) in [5, 5.41) is 1.20. The van der Waals surface area contributed by atoms with Gasteiger partial charge in [-0.15, -0.1) is 0 Å². The first-order chi connectivity index (χ1) is 14.1. The van der Waals surface area contributed by atoms with Gasteiger partial charge >= 0.3 is 0 Å². The number of carbonyl (C=O) groups excluding carboxylic acids is 1. The Hall–Kier alpha value is -2.70. The van der Waals surface area contributed by atoms with Crippen LogP contribution in [0.25, 0.3) is 22.0 Å². The van der Waals surface area contributed by atoms with Crippen molar-refractivity contribution in [1.82, 2.24) is 14.9 Å². The third kappa shape index (κ3) is 5.43. The number of likely N-dealkylation sites (tertiary alicyclic amines) is 1. The number of H-pyrrole nitrogens is 1. The Morgan fingerprint density at radius 1 is 1.10 bits per heavy atom. The van der Waals surface area contributed by atoms with Crippen molar-refractivity contribution in [2.24, 2.45) is 0 Å². The minimum absolute atomic E-state index is 0.292. The number of benzene rings is 1. The van der Waals surface area contributed by atoms with Crippen LogP contribution in [0.3, 0.4) is 0 Å². The Morgan fingerprint density at radius 2 is 1.90 bits per heavy atom. The summed E-state index contributed by atoms with van der Waals surface area (Å²) in [6.07, 6.45) is 7.06. The number of hydrogen-bond acceptors (Lipinski definition) is 4. The molecule has 1 N–H and O–H groups in total. The number of nitrogens with one attached hydrogen (secondary N) is 1. The van der Waals surface area contributed by atoms with Crippen molar-refractivity contribution < 1.29 is 14.3 Å². The van der Waals surface area contributed by atoms with E-state index in [0.29, 0.717) is 19.1 Å². The van der Waals surface area contributed by atoms with Gasteiger partial charge in [0, 0.05) is 68.5 Å². The molecule has 1 aliphatic heterocycles. The smallest absolute Gasteiger partial charge is 0.222 e. The minimum atomic E-state index is -0.364. The van der Waals surface area contributed by atoms with Gasteiger partial charge in [0.2, 0.25) is 5.91 Å². The fraction of sp³-hybridized carbons (Fsp3) is 0.391. The molecule has 1 saturated heterocycles. The number of amides is 1. The Morgan fingerprint density at radius 3 is 2.52 bits per heavy atom. The number of aromatic nitrogens is 2. The molecule has 3 aromatic rings. The molecular formula is C23H29N3O3. The van der Waals surface area contributed by atoms with E-state index in [4.69, 9.17) is 9.47 Å². The zero-order chi connectivity index (χ0) is 20.6. The van der Waals surface area contributed by atoms with Gasteiger partial charge < -0.3 is 19.4 Å². The van der Waals surface area contributed by atoms with E-state index in [1.165, 1.54) is 5.39 Å².